The summed E-state index contributed by atoms with van der Waals surface area (Å²) in [7, 11) is 2.85. The number of fused-ring (bicyclic) bond motifs is 1. The Morgan fingerprint density at radius 1 is 1.41 bits per heavy atom. The fraction of sp³-hybridized carbons (Fsp3) is 0.368. The van der Waals surface area contributed by atoms with Crippen LogP contribution in [-0.4, -0.2) is 91.7 Å². The molecule has 14 nitrogen and oxygen atoms in total. The topological polar surface area (TPSA) is 193 Å². The monoisotopic (exact) mass is 584 g/mol. The number of nitrogens with two attached hydrogens (primary N) is 1. The number of oxime groups is 1. The summed E-state index contributed by atoms with van der Waals surface area (Å²) >= 11 is 4.92. The van der Waals surface area contributed by atoms with Crippen molar-refractivity contribution < 1.29 is 29.1 Å². The standard InChI is InChI=1S/C19H20N8O6S4/c1-7(28)26(2)18-23-24-19(37-18)36-5-8-4-34-15-11(14(30)27(15)12(8)16(31)32)22-13(29)10(25-33-3)9-6-35-17(20)21-9/h6,11,15H,4-5H2,1-3H3,(H2,20,21)(H,22,29)(H,31,32)/t11-,15+/m1/s1. The Hall–Kier alpha value is -3.22. The lowest BCUT2D eigenvalue weighted by Gasteiger charge is -2.49. The van der Waals surface area contributed by atoms with Gasteiger partial charge in [-0.05, 0) is 5.57 Å². The summed E-state index contributed by atoms with van der Waals surface area (Å²) in [5, 5.41) is 25.8. The number of hydrogen-bond donors (Lipinski definition) is 3. The Labute approximate surface area is 226 Å². The molecule has 4 heterocycles. The molecule has 0 spiro atoms. The first kappa shape index (κ1) is 26.8. The molecule has 4 N–H and O–H groups in total. The molecule has 0 bridgehead atoms. The molecule has 196 valence electrons. The Kier molecular flexibility index (Phi) is 8.00. The number of carboxylic acid groups (broad SMARTS) is 1. The zero-order chi connectivity index (χ0) is 26.9. The van der Waals surface area contributed by atoms with E-state index in [9.17, 15) is 24.3 Å². The Morgan fingerprint density at radius 2 is 2.16 bits per heavy atom. The maximum Gasteiger partial charge on any atom is 0.352 e. The number of hydrogen-bond acceptors (Lipinski definition) is 14. The number of β-lactam (4-membered cyclic amide) rings is 1. The van der Waals surface area contributed by atoms with Gasteiger partial charge in [0, 0.05) is 30.9 Å². The third kappa shape index (κ3) is 5.41. The SMILES string of the molecule is CON=C(C(=O)N[C@@H]1C(=O)N2C(C(=O)O)=C(CSc3nnc(N(C)C(C)=O)s3)CS[C@@H]12)c1csc(N)n1. The van der Waals surface area contributed by atoms with E-state index in [1.807, 2.05) is 0 Å². The van der Waals surface area contributed by atoms with E-state index in [-0.39, 0.29) is 33.9 Å². The number of nitrogen functional groups attached to an aromatic ring is 1. The Bertz CT molecular complexity index is 1320. The number of carbonyl (C=O) groups is 4. The predicted octanol–water partition coefficient (Wildman–Crippen LogP) is 0.441. The lowest BCUT2D eigenvalue weighted by Crippen LogP contribution is -2.71. The van der Waals surface area contributed by atoms with E-state index in [1.54, 1.807) is 7.05 Å². The van der Waals surface area contributed by atoms with Gasteiger partial charge in [0.15, 0.2) is 15.2 Å². The highest BCUT2D eigenvalue weighted by Gasteiger charge is 2.54. The highest BCUT2D eigenvalue weighted by Crippen LogP contribution is 2.42. The number of aromatic nitrogens is 3. The molecule has 37 heavy (non-hydrogen) atoms. The van der Waals surface area contributed by atoms with Gasteiger partial charge < -0.3 is 21.0 Å². The molecule has 3 amide bonds. The second-order valence-electron chi connectivity index (χ2n) is 7.53. The summed E-state index contributed by atoms with van der Waals surface area (Å²) in [6.07, 6.45) is 0. The second kappa shape index (κ2) is 11.0. The molecule has 4 rings (SSSR count). The molecule has 0 aromatic carbocycles. The van der Waals surface area contributed by atoms with Crippen LogP contribution >= 0.6 is 46.2 Å². The number of nitrogens with one attached hydrogen (secondary N) is 1. The fourth-order valence-electron chi connectivity index (χ4n) is 3.38. The van der Waals surface area contributed by atoms with Crippen LogP contribution in [0.1, 0.15) is 12.6 Å². The van der Waals surface area contributed by atoms with Gasteiger partial charge in [0.25, 0.3) is 11.8 Å². The molecule has 2 atom stereocenters. The minimum atomic E-state index is -1.24. The van der Waals surface area contributed by atoms with E-state index in [0.29, 0.717) is 20.8 Å². The van der Waals surface area contributed by atoms with Gasteiger partial charge in [-0.2, -0.15) is 0 Å². The number of amides is 3. The molecule has 2 aliphatic rings. The van der Waals surface area contributed by atoms with Crippen molar-refractivity contribution in [3.63, 3.8) is 0 Å². The number of aliphatic carboxylic acids is 1. The normalized spacial score (nSPS) is 19.3. The summed E-state index contributed by atoms with van der Waals surface area (Å²) in [6.45, 7) is 1.41. The largest absolute Gasteiger partial charge is 0.477 e. The first-order valence-electron chi connectivity index (χ1n) is 10.4. The summed E-state index contributed by atoms with van der Waals surface area (Å²) in [5.74, 6) is -2.09. The van der Waals surface area contributed by atoms with Gasteiger partial charge >= 0.3 is 5.97 Å². The first-order valence-corrected chi connectivity index (χ1v) is 14.1. The number of rotatable bonds is 9. The summed E-state index contributed by atoms with van der Waals surface area (Å²) in [4.78, 5) is 60.7. The van der Waals surface area contributed by atoms with Gasteiger partial charge in [-0.3, -0.25) is 24.2 Å². The number of carbonyl (C=O) groups excluding carboxylic acids is 3. The van der Waals surface area contributed by atoms with Crippen LogP contribution in [0, 0.1) is 0 Å². The third-order valence-corrected chi connectivity index (χ3v) is 9.46. The summed E-state index contributed by atoms with van der Waals surface area (Å²) in [6, 6.07) is -0.952. The molecule has 18 heteroatoms. The van der Waals surface area contributed by atoms with Crippen molar-refractivity contribution in [2.45, 2.75) is 22.7 Å². The number of anilines is 2. The van der Waals surface area contributed by atoms with Gasteiger partial charge in [0.05, 0.1) is 0 Å². The van der Waals surface area contributed by atoms with Crippen LogP contribution in [0.15, 0.2) is 26.1 Å². The lowest BCUT2D eigenvalue weighted by atomic mass is 10.0. The van der Waals surface area contributed by atoms with Crippen molar-refractivity contribution in [2.24, 2.45) is 5.16 Å². The van der Waals surface area contributed by atoms with Crippen molar-refractivity contribution in [1.29, 1.82) is 0 Å². The highest BCUT2D eigenvalue weighted by molar-refractivity contribution is 8.01. The van der Waals surface area contributed by atoms with Crippen molar-refractivity contribution in [2.75, 3.05) is 36.3 Å². The quantitative estimate of drug-likeness (QED) is 0.121. The maximum absolute atomic E-state index is 13.0. The van der Waals surface area contributed by atoms with E-state index in [2.05, 4.69) is 25.7 Å². The van der Waals surface area contributed by atoms with Crippen molar-refractivity contribution in [3.8, 4) is 0 Å². The van der Waals surface area contributed by atoms with E-state index in [0.717, 1.165) is 11.3 Å². The number of nitrogens with zero attached hydrogens (tertiary/aromatic N) is 6. The van der Waals surface area contributed by atoms with Crippen LogP contribution in [0.4, 0.5) is 10.3 Å². The number of carboxylic acids is 1. The second-order valence-corrected chi connectivity index (χ2v) is 11.7. The highest BCUT2D eigenvalue weighted by atomic mass is 32.2. The molecule has 0 saturated carbocycles. The lowest BCUT2D eigenvalue weighted by molar-refractivity contribution is -0.150. The van der Waals surface area contributed by atoms with Gasteiger partial charge in [0.2, 0.25) is 11.0 Å². The zero-order valence-electron chi connectivity index (χ0n) is 19.5. The Balaban J connectivity index is 1.46. The third-order valence-electron chi connectivity index (χ3n) is 5.22. The molecule has 0 aliphatic carbocycles. The van der Waals surface area contributed by atoms with Crippen LogP contribution in [0.5, 0.6) is 0 Å². The van der Waals surface area contributed by atoms with Crippen LogP contribution in [0.2, 0.25) is 0 Å². The molecule has 2 aromatic rings. The minimum absolute atomic E-state index is 0.115. The zero-order valence-corrected chi connectivity index (χ0v) is 22.8. The van der Waals surface area contributed by atoms with E-state index in [4.69, 9.17) is 10.6 Å². The smallest absolute Gasteiger partial charge is 0.352 e. The van der Waals surface area contributed by atoms with Gasteiger partial charge in [-0.15, -0.1) is 33.3 Å². The van der Waals surface area contributed by atoms with Crippen LogP contribution in [0.3, 0.4) is 0 Å². The van der Waals surface area contributed by atoms with Crippen molar-refractivity contribution >= 4 is 85.9 Å². The first-order chi connectivity index (χ1) is 17.6. The van der Waals surface area contributed by atoms with Gasteiger partial charge in [0.1, 0.15) is 29.9 Å². The van der Waals surface area contributed by atoms with E-state index in [1.165, 1.54) is 64.1 Å². The summed E-state index contributed by atoms with van der Waals surface area (Å²) < 4.78 is 0.556. The van der Waals surface area contributed by atoms with Crippen LogP contribution in [0.25, 0.3) is 0 Å². The maximum atomic E-state index is 13.0. The average molecular weight is 585 g/mol. The summed E-state index contributed by atoms with van der Waals surface area (Å²) in [5.41, 5.74) is 6.10. The molecule has 0 unspecified atom stereocenters. The molecular weight excluding hydrogens is 565 g/mol. The molecular formula is C19H20N8O6S4. The van der Waals surface area contributed by atoms with Crippen molar-refractivity contribution in [1.82, 2.24) is 25.4 Å². The average Bonchev–Trinajstić information content (AvgIpc) is 3.52. The van der Waals surface area contributed by atoms with Crippen LogP contribution < -0.4 is 16.0 Å². The minimum Gasteiger partial charge on any atom is -0.477 e. The molecule has 2 aromatic heterocycles. The van der Waals surface area contributed by atoms with E-state index < -0.39 is 29.2 Å². The van der Waals surface area contributed by atoms with E-state index >= 15 is 0 Å². The number of thiazole rings is 1. The molecule has 0 radical (unpaired) electrons. The molecule has 2 aliphatic heterocycles. The van der Waals surface area contributed by atoms with Gasteiger partial charge in [-0.1, -0.05) is 28.3 Å². The number of thioether (sulfide) groups is 2. The van der Waals surface area contributed by atoms with Crippen molar-refractivity contribution in [3.05, 3.63) is 22.3 Å². The fourth-order valence-corrected chi connectivity index (χ4v) is 7.26. The molecule has 1 saturated heterocycles. The predicted molar refractivity (Wildman–Crippen MR) is 139 cm³/mol. The molecule has 1 fully saturated rings. The van der Waals surface area contributed by atoms with Crippen LogP contribution in [-0.2, 0) is 24.0 Å². The van der Waals surface area contributed by atoms with Gasteiger partial charge in [-0.25, -0.2) is 9.78 Å². The Morgan fingerprint density at radius 3 is 2.78 bits per heavy atom.